The van der Waals surface area contributed by atoms with Crippen LogP contribution < -0.4 is 14.8 Å². The van der Waals surface area contributed by atoms with Crippen molar-refractivity contribution in [1.29, 1.82) is 0 Å². The summed E-state index contributed by atoms with van der Waals surface area (Å²) in [7, 11) is 0. The number of hydrogen-bond donors (Lipinski definition) is 1. The highest BCUT2D eigenvalue weighted by molar-refractivity contribution is 6.33. The maximum atomic E-state index is 13.1. The van der Waals surface area contributed by atoms with Crippen LogP contribution in [0.25, 0.3) is 11.1 Å². The lowest BCUT2D eigenvalue weighted by molar-refractivity contribution is -0.286. The summed E-state index contributed by atoms with van der Waals surface area (Å²) < 4.78 is 39.7. The van der Waals surface area contributed by atoms with Crippen molar-refractivity contribution in [1.82, 2.24) is 4.98 Å². The number of ether oxygens (including phenoxy) is 3. The lowest BCUT2D eigenvalue weighted by Gasteiger charge is -2.08. The third kappa shape index (κ3) is 3.33. The van der Waals surface area contributed by atoms with Gasteiger partial charge < -0.3 is 14.2 Å². The van der Waals surface area contributed by atoms with Gasteiger partial charge in [0.2, 0.25) is 0 Å². The first-order valence-electron chi connectivity index (χ1n) is 6.87. The topological polar surface area (TPSA) is 69.7 Å². The highest BCUT2D eigenvalue weighted by Crippen LogP contribution is 2.45. The Labute approximate surface area is 140 Å². The molecular formula is C15H11ClF2N2O4. The van der Waals surface area contributed by atoms with Crippen molar-refractivity contribution in [3.63, 3.8) is 0 Å². The van der Waals surface area contributed by atoms with E-state index in [1.807, 2.05) is 0 Å². The van der Waals surface area contributed by atoms with Crippen LogP contribution in [0.1, 0.15) is 6.92 Å². The molecule has 1 aliphatic rings. The average Bonchev–Trinajstić information content (AvgIpc) is 2.80. The second-order valence-electron chi connectivity index (χ2n) is 4.72. The van der Waals surface area contributed by atoms with Crippen LogP contribution in [0.15, 0.2) is 30.5 Å². The minimum absolute atomic E-state index is 0.117. The van der Waals surface area contributed by atoms with E-state index in [1.165, 1.54) is 24.4 Å². The molecule has 1 aromatic heterocycles. The number of pyridine rings is 1. The molecule has 0 atom stereocenters. The molecule has 0 saturated carbocycles. The Morgan fingerprint density at radius 1 is 1.33 bits per heavy atom. The van der Waals surface area contributed by atoms with Crippen molar-refractivity contribution in [3.8, 4) is 22.6 Å². The number of alkyl halides is 2. The molecule has 6 nitrogen and oxygen atoms in total. The van der Waals surface area contributed by atoms with Gasteiger partial charge in [0.05, 0.1) is 11.6 Å². The van der Waals surface area contributed by atoms with Crippen molar-refractivity contribution >= 4 is 23.5 Å². The number of anilines is 1. The molecule has 1 aliphatic heterocycles. The van der Waals surface area contributed by atoms with Crippen LogP contribution in [0, 0.1) is 0 Å². The van der Waals surface area contributed by atoms with E-state index >= 15 is 0 Å². The quantitative estimate of drug-likeness (QED) is 0.888. The van der Waals surface area contributed by atoms with Crippen LogP contribution in [-0.2, 0) is 4.74 Å². The summed E-state index contributed by atoms with van der Waals surface area (Å²) in [4.78, 5) is 15.4. The van der Waals surface area contributed by atoms with Gasteiger partial charge in [-0.2, -0.15) is 0 Å². The third-order valence-electron chi connectivity index (χ3n) is 3.07. The largest absolute Gasteiger partial charge is 0.586 e. The summed E-state index contributed by atoms with van der Waals surface area (Å²) >= 11 is 6.10. The van der Waals surface area contributed by atoms with Gasteiger partial charge in [-0.1, -0.05) is 11.6 Å². The number of halogens is 3. The molecule has 0 spiro atoms. The number of nitrogens with one attached hydrogen (secondary N) is 1. The van der Waals surface area contributed by atoms with Crippen LogP contribution in [0.3, 0.4) is 0 Å². The van der Waals surface area contributed by atoms with Gasteiger partial charge in [-0.3, -0.25) is 5.32 Å². The second-order valence-corrected chi connectivity index (χ2v) is 5.13. The number of rotatable bonds is 3. The molecule has 0 fully saturated rings. The molecule has 1 N–H and O–H groups in total. The SMILES string of the molecule is CCOC(=O)Nc1ccc(-c2cc3c(cc2Cl)OC(F)(F)O3)cn1. The van der Waals surface area contributed by atoms with Crippen molar-refractivity contribution in [2.24, 2.45) is 0 Å². The van der Waals surface area contributed by atoms with E-state index in [9.17, 15) is 13.6 Å². The zero-order chi connectivity index (χ0) is 17.3. The molecule has 2 heterocycles. The normalized spacial score (nSPS) is 14.3. The van der Waals surface area contributed by atoms with Crippen molar-refractivity contribution < 1.29 is 27.8 Å². The van der Waals surface area contributed by atoms with Gasteiger partial charge >= 0.3 is 12.4 Å². The summed E-state index contributed by atoms with van der Waals surface area (Å²) in [5.74, 6) is 0.0241. The van der Waals surface area contributed by atoms with E-state index in [-0.39, 0.29) is 28.9 Å². The van der Waals surface area contributed by atoms with Crippen molar-refractivity contribution in [2.75, 3.05) is 11.9 Å². The molecule has 0 bridgehead atoms. The molecule has 0 unspecified atom stereocenters. The zero-order valence-electron chi connectivity index (χ0n) is 12.3. The summed E-state index contributed by atoms with van der Waals surface area (Å²) in [6, 6.07) is 5.74. The summed E-state index contributed by atoms with van der Waals surface area (Å²) in [6.45, 7) is 1.92. The van der Waals surface area contributed by atoms with Gasteiger partial charge in [-0.25, -0.2) is 9.78 Å². The number of hydrogen-bond acceptors (Lipinski definition) is 5. The number of carbonyl (C=O) groups is 1. The van der Waals surface area contributed by atoms with E-state index in [1.54, 1.807) is 13.0 Å². The van der Waals surface area contributed by atoms with E-state index < -0.39 is 12.4 Å². The van der Waals surface area contributed by atoms with Crippen LogP contribution in [0.2, 0.25) is 5.02 Å². The fourth-order valence-corrected chi connectivity index (χ4v) is 2.35. The zero-order valence-corrected chi connectivity index (χ0v) is 13.1. The van der Waals surface area contributed by atoms with Gasteiger partial charge in [0, 0.05) is 23.4 Å². The summed E-state index contributed by atoms with van der Waals surface area (Å²) in [5, 5.41) is 2.64. The van der Waals surface area contributed by atoms with Crippen molar-refractivity contribution in [2.45, 2.75) is 13.2 Å². The Hall–Kier alpha value is -2.61. The fourth-order valence-electron chi connectivity index (χ4n) is 2.09. The molecule has 1 aromatic carbocycles. The number of nitrogens with zero attached hydrogens (tertiary/aromatic N) is 1. The second kappa shape index (κ2) is 6.12. The highest BCUT2D eigenvalue weighted by atomic mass is 35.5. The van der Waals surface area contributed by atoms with E-state index in [2.05, 4.69) is 19.8 Å². The third-order valence-corrected chi connectivity index (χ3v) is 3.38. The van der Waals surface area contributed by atoms with Gasteiger partial charge in [-0.15, -0.1) is 8.78 Å². The Morgan fingerprint density at radius 2 is 2.04 bits per heavy atom. The molecule has 0 saturated heterocycles. The fraction of sp³-hybridized carbons (Fsp3) is 0.200. The molecule has 0 aliphatic carbocycles. The highest BCUT2D eigenvalue weighted by Gasteiger charge is 2.43. The first-order valence-corrected chi connectivity index (χ1v) is 7.25. The number of fused-ring (bicyclic) bond motifs is 1. The molecule has 126 valence electrons. The predicted molar refractivity (Wildman–Crippen MR) is 81.5 cm³/mol. The molecule has 24 heavy (non-hydrogen) atoms. The maximum Gasteiger partial charge on any atom is 0.586 e. The number of benzene rings is 1. The lowest BCUT2D eigenvalue weighted by atomic mass is 10.1. The first kappa shape index (κ1) is 16.3. The van der Waals surface area contributed by atoms with Gasteiger partial charge in [0.1, 0.15) is 5.82 Å². The van der Waals surface area contributed by atoms with E-state index in [0.29, 0.717) is 11.1 Å². The standard InChI is InChI=1S/C15H11ClF2N2O4/c1-2-22-14(21)20-13-4-3-8(7-19-13)9-5-11-12(6-10(9)16)24-15(17,18)23-11/h3-7H,2H2,1H3,(H,19,20,21). The Morgan fingerprint density at radius 3 is 2.67 bits per heavy atom. The summed E-state index contributed by atoms with van der Waals surface area (Å²) in [5.41, 5.74) is 0.989. The maximum absolute atomic E-state index is 13.1. The van der Waals surface area contributed by atoms with Crippen LogP contribution in [-0.4, -0.2) is 24.0 Å². The number of amides is 1. The lowest BCUT2D eigenvalue weighted by Crippen LogP contribution is -2.25. The molecule has 3 rings (SSSR count). The Balaban J connectivity index is 1.84. The van der Waals surface area contributed by atoms with Crippen molar-refractivity contribution in [3.05, 3.63) is 35.5 Å². The smallest absolute Gasteiger partial charge is 0.450 e. The van der Waals surface area contributed by atoms with Crippen LogP contribution in [0.4, 0.5) is 19.4 Å². The first-order chi connectivity index (χ1) is 11.4. The van der Waals surface area contributed by atoms with Crippen LogP contribution >= 0.6 is 11.6 Å². The van der Waals surface area contributed by atoms with E-state index in [4.69, 9.17) is 16.3 Å². The number of carbonyl (C=O) groups excluding carboxylic acids is 1. The molecule has 0 radical (unpaired) electrons. The predicted octanol–water partition coefficient (Wildman–Crippen LogP) is 4.29. The molecular weight excluding hydrogens is 346 g/mol. The van der Waals surface area contributed by atoms with Crippen LogP contribution in [0.5, 0.6) is 11.5 Å². The Kier molecular flexibility index (Phi) is 4.15. The monoisotopic (exact) mass is 356 g/mol. The summed E-state index contributed by atoms with van der Waals surface area (Å²) in [6.07, 6.45) is -2.90. The van der Waals surface area contributed by atoms with Gasteiger partial charge in [0.25, 0.3) is 0 Å². The number of aromatic nitrogens is 1. The minimum atomic E-state index is -3.71. The molecule has 1 amide bonds. The molecule has 2 aromatic rings. The van der Waals surface area contributed by atoms with Gasteiger partial charge in [-0.05, 0) is 25.1 Å². The van der Waals surface area contributed by atoms with E-state index in [0.717, 1.165) is 0 Å². The average molecular weight is 357 g/mol. The molecule has 9 heteroatoms. The van der Waals surface area contributed by atoms with Gasteiger partial charge in [0.15, 0.2) is 11.5 Å². The Bertz CT molecular complexity index is 784. The minimum Gasteiger partial charge on any atom is -0.450 e.